The molecule has 1 saturated heterocycles. The van der Waals surface area contributed by atoms with Crippen molar-refractivity contribution in [1.82, 2.24) is 9.80 Å². The molecule has 0 spiro atoms. The zero-order chi connectivity index (χ0) is 20.5. The summed E-state index contributed by atoms with van der Waals surface area (Å²) in [7, 11) is 4.53. The Kier molecular flexibility index (Phi) is 5.05. The van der Waals surface area contributed by atoms with Crippen LogP contribution in [0.15, 0.2) is 36.4 Å². The Labute approximate surface area is 169 Å². The second kappa shape index (κ2) is 7.66. The number of ether oxygens (including phenoxy) is 3. The van der Waals surface area contributed by atoms with E-state index in [1.165, 1.54) is 26.9 Å². The molecule has 29 heavy (non-hydrogen) atoms. The van der Waals surface area contributed by atoms with Crippen LogP contribution >= 0.6 is 0 Å². The van der Waals surface area contributed by atoms with Gasteiger partial charge in [0.15, 0.2) is 11.5 Å². The molecule has 4 rings (SSSR count). The van der Waals surface area contributed by atoms with E-state index in [9.17, 15) is 9.59 Å². The quantitative estimate of drug-likeness (QED) is 0.793. The second-order valence-electron chi connectivity index (χ2n) is 7.15. The molecule has 1 atom stereocenters. The largest absolute Gasteiger partial charge is 0.493 e. The molecule has 0 radical (unpaired) electrons. The summed E-state index contributed by atoms with van der Waals surface area (Å²) in [5, 5.41) is 0. The summed E-state index contributed by atoms with van der Waals surface area (Å²) in [6, 6.07) is 11.3. The van der Waals surface area contributed by atoms with Gasteiger partial charge in [-0.1, -0.05) is 24.3 Å². The molecule has 7 nitrogen and oxygen atoms in total. The highest BCUT2D eigenvalue weighted by Gasteiger charge is 2.38. The molecule has 2 aromatic carbocycles. The van der Waals surface area contributed by atoms with Crippen molar-refractivity contribution in [2.45, 2.75) is 12.5 Å². The maximum absolute atomic E-state index is 13.3. The molecule has 7 heteroatoms. The molecule has 2 amide bonds. The van der Waals surface area contributed by atoms with Crippen LogP contribution in [-0.4, -0.2) is 62.6 Å². The molecule has 0 saturated carbocycles. The number of piperazine rings is 1. The predicted octanol–water partition coefficient (Wildman–Crippen LogP) is 2.29. The fourth-order valence-corrected chi connectivity index (χ4v) is 4.22. The second-order valence-corrected chi connectivity index (χ2v) is 7.15. The molecule has 2 heterocycles. The van der Waals surface area contributed by atoms with Gasteiger partial charge in [-0.25, -0.2) is 0 Å². The van der Waals surface area contributed by atoms with Gasteiger partial charge in [0.05, 0.1) is 27.4 Å². The number of benzene rings is 2. The number of fused-ring (bicyclic) bond motifs is 3. The molecule has 2 aliphatic heterocycles. The van der Waals surface area contributed by atoms with Crippen LogP contribution < -0.4 is 14.2 Å². The minimum atomic E-state index is -0.236. The molecule has 2 aliphatic rings. The zero-order valence-corrected chi connectivity index (χ0v) is 16.8. The average Bonchev–Trinajstić information content (AvgIpc) is 2.77. The molecule has 0 aromatic heterocycles. The number of methoxy groups -OCH3 is 3. The summed E-state index contributed by atoms with van der Waals surface area (Å²) in [6.45, 7) is 1.21. The molecule has 1 unspecified atom stereocenters. The fourth-order valence-electron chi connectivity index (χ4n) is 4.22. The predicted molar refractivity (Wildman–Crippen MR) is 107 cm³/mol. The first-order valence-electron chi connectivity index (χ1n) is 9.54. The molecule has 0 aliphatic carbocycles. The number of carbonyl (C=O) groups excluding carboxylic acids is 2. The third kappa shape index (κ3) is 3.26. The topological polar surface area (TPSA) is 68.3 Å². The lowest BCUT2D eigenvalue weighted by Crippen LogP contribution is -2.55. The van der Waals surface area contributed by atoms with Crippen LogP contribution in [0.3, 0.4) is 0 Å². The van der Waals surface area contributed by atoms with Crippen molar-refractivity contribution in [1.29, 1.82) is 0 Å². The van der Waals surface area contributed by atoms with E-state index in [1.54, 1.807) is 17.0 Å². The summed E-state index contributed by atoms with van der Waals surface area (Å²) < 4.78 is 16.0. The van der Waals surface area contributed by atoms with Crippen LogP contribution in [0.5, 0.6) is 17.2 Å². The van der Waals surface area contributed by atoms with E-state index < -0.39 is 0 Å². The first-order chi connectivity index (χ1) is 14.1. The third-order valence-electron chi connectivity index (χ3n) is 5.65. The molecular formula is C22H24N2O5. The Morgan fingerprint density at radius 1 is 1.03 bits per heavy atom. The number of hydrogen-bond donors (Lipinski definition) is 0. The standard InChI is InChI=1S/C22H24N2O5/c1-27-18-10-15(11-19(28-2)21(18)29-3)22(26)23-12-17-16-7-5-4-6-14(16)8-9-24(17)20(25)13-23/h4-7,10-11,17H,8-9,12-13H2,1-3H3. The van der Waals surface area contributed by atoms with Crippen LogP contribution in [-0.2, 0) is 11.2 Å². The van der Waals surface area contributed by atoms with Crippen molar-refractivity contribution in [3.63, 3.8) is 0 Å². The van der Waals surface area contributed by atoms with Gasteiger partial charge in [-0.15, -0.1) is 0 Å². The van der Waals surface area contributed by atoms with Crippen molar-refractivity contribution >= 4 is 11.8 Å². The smallest absolute Gasteiger partial charge is 0.254 e. The molecule has 2 aromatic rings. The van der Waals surface area contributed by atoms with Crippen LogP contribution in [0.1, 0.15) is 27.5 Å². The minimum absolute atomic E-state index is 0.0310. The van der Waals surface area contributed by atoms with Crippen molar-refractivity contribution in [3.8, 4) is 17.2 Å². The van der Waals surface area contributed by atoms with E-state index in [1.807, 2.05) is 23.1 Å². The minimum Gasteiger partial charge on any atom is -0.493 e. The maximum atomic E-state index is 13.3. The Bertz CT molecular complexity index is 933. The van der Waals surface area contributed by atoms with Crippen LogP contribution in [0.25, 0.3) is 0 Å². The third-order valence-corrected chi connectivity index (χ3v) is 5.65. The Morgan fingerprint density at radius 2 is 1.72 bits per heavy atom. The molecule has 0 N–H and O–H groups in total. The molecule has 0 bridgehead atoms. The lowest BCUT2D eigenvalue weighted by atomic mass is 9.90. The lowest BCUT2D eigenvalue weighted by Gasteiger charge is -2.44. The van der Waals surface area contributed by atoms with Gasteiger partial charge in [-0.2, -0.15) is 0 Å². The Hall–Kier alpha value is -3.22. The van der Waals surface area contributed by atoms with E-state index >= 15 is 0 Å². The summed E-state index contributed by atoms with van der Waals surface area (Å²) in [4.78, 5) is 29.6. The average molecular weight is 396 g/mol. The highest BCUT2D eigenvalue weighted by Crippen LogP contribution is 2.39. The number of nitrogens with zero attached hydrogens (tertiary/aromatic N) is 2. The SMILES string of the molecule is COc1cc(C(=O)N2CC(=O)N3CCc4ccccc4C3C2)cc(OC)c1OC. The van der Waals surface area contributed by atoms with Crippen LogP contribution in [0.2, 0.25) is 0 Å². The van der Waals surface area contributed by atoms with Gasteiger partial charge in [0, 0.05) is 18.7 Å². The Balaban J connectivity index is 1.66. The lowest BCUT2D eigenvalue weighted by molar-refractivity contribution is -0.139. The van der Waals surface area contributed by atoms with E-state index in [2.05, 4.69) is 6.07 Å². The summed E-state index contributed by atoms with van der Waals surface area (Å²) in [5.74, 6) is 0.969. The van der Waals surface area contributed by atoms with Gasteiger partial charge < -0.3 is 24.0 Å². The summed E-state index contributed by atoms with van der Waals surface area (Å²) >= 11 is 0. The monoisotopic (exact) mass is 396 g/mol. The van der Waals surface area contributed by atoms with Gasteiger partial charge in [0.2, 0.25) is 11.7 Å². The summed E-state index contributed by atoms with van der Waals surface area (Å²) in [6.07, 6.45) is 0.846. The zero-order valence-electron chi connectivity index (χ0n) is 16.8. The first kappa shape index (κ1) is 19.1. The normalized spacial score (nSPS) is 18.0. The van der Waals surface area contributed by atoms with Gasteiger partial charge >= 0.3 is 0 Å². The summed E-state index contributed by atoms with van der Waals surface area (Å²) in [5.41, 5.74) is 2.75. The fraction of sp³-hybridized carbons (Fsp3) is 0.364. The van der Waals surface area contributed by atoms with E-state index in [0.29, 0.717) is 35.9 Å². The van der Waals surface area contributed by atoms with Gasteiger partial charge in [-0.05, 0) is 29.7 Å². The van der Waals surface area contributed by atoms with Crippen molar-refractivity contribution in [2.75, 3.05) is 41.0 Å². The van der Waals surface area contributed by atoms with Crippen LogP contribution in [0.4, 0.5) is 0 Å². The van der Waals surface area contributed by atoms with Gasteiger partial charge in [-0.3, -0.25) is 9.59 Å². The highest BCUT2D eigenvalue weighted by molar-refractivity contribution is 5.98. The first-order valence-corrected chi connectivity index (χ1v) is 9.54. The van der Waals surface area contributed by atoms with Crippen LogP contribution in [0, 0.1) is 0 Å². The number of rotatable bonds is 4. The highest BCUT2D eigenvalue weighted by atomic mass is 16.5. The molecular weight excluding hydrogens is 372 g/mol. The Morgan fingerprint density at radius 3 is 2.38 bits per heavy atom. The van der Waals surface area contributed by atoms with Gasteiger partial charge in [0.1, 0.15) is 6.54 Å². The van der Waals surface area contributed by atoms with E-state index in [0.717, 1.165) is 12.0 Å². The van der Waals surface area contributed by atoms with Crippen molar-refractivity contribution in [3.05, 3.63) is 53.1 Å². The van der Waals surface area contributed by atoms with Crippen molar-refractivity contribution < 1.29 is 23.8 Å². The number of amides is 2. The molecule has 1 fully saturated rings. The maximum Gasteiger partial charge on any atom is 0.254 e. The van der Waals surface area contributed by atoms with E-state index in [4.69, 9.17) is 14.2 Å². The van der Waals surface area contributed by atoms with E-state index in [-0.39, 0.29) is 24.4 Å². The number of hydrogen-bond acceptors (Lipinski definition) is 5. The van der Waals surface area contributed by atoms with Gasteiger partial charge in [0.25, 0.3) is 5.91 Å². The number of carbonyl (C=O) groups is 2. The van der Waals surface area contributed by atoms with Crippen molar-refractivity contribution in [2.24, 2.45) is 0 Å². The molecule has 152 valence electrons.